The number of halogens is 1. The minimum Gasteiger partial charge on any atom is -0.303 e. The molecule has 0 amide bonds. The Balaban J connectivity index is 2.42. The molecule has 0 aromatic rings. The van der Waals surface area contributed by atoms with E-state index in [4.69, 9.17) is 11.6 Å². The lowest BCUT2D eigenvalue weighted by atomic mass is 9.79. The molecular weight excluding hydrogens is 192 g/mol. The third-order valence-corrected chi connectivity index (χ3v) is 3.80. The number of hydrogen-bond donors (Lipinski definition) is 0. The summed E-state index contributed by atoms with van der Waals surface area (Å²) >= 11 is 7.57. The molecule has 0 saturated carbocycles. The zero-order valence-corrected chi connectivity index (χ0v) is 8.79. The van der Waals surface area contributed by atoms with Gasteiger partial charge in [-0.15, -0.1) is 11.6 Å². The largest absolute Gasteiger partial charge is 0.303 e. The van der Waals surface area contributed by atoms with E-state index in [-0.39, 0.29) is 5.41 Å². The third-order valence-electron chi connectivity index (χ3n) is 2.55. The van der Waals surface area contributed by atoms with Gasteiger partial charge in [-0.3, -0.25) is 0 Å². The molecule has 0 bridgehead atoms. The maximum atomic E-state index is 10.9. The first-order valence-corrected chi connectivity index (χ1v) is 6.12. The van der Waals surface area contributed by atoms with Crippen molar-refractivity contribution in [2.24, 2.45) is 5.41 Å². The first-order chi connectivity index (χ1) is 5.83. The number of carbonyl (C=O) groups excluding carboxylic acids is 1. The van der Waals surface area contributed by atoms with Crippen LogP contribution in [0.15, 0.2) is 0 Å². The highest BCUT2D eigenvalue weighted by molar-refractivity contribution is 7.99. The average Bonchev–Trinajstić information content (AvgIpc) is 2.16. The van der Waals surface area contributed by atoms with E-state index in [1.807, 2.05) is 11.8 Å². The number of thioether (sulfide) groups is 1. The van der Waals surface area contributed by atoms with Crippen LogP contribution in [0.3, 0.4) is 0 Å². The molecule has 0 atom stereocenters. The summed E-state index contributed by atoms with van der Waals surface area (Å²) in [5, 5.41) is 0. The molecule has 3 heteroatoms. The van der Waals surface area contributed by atoms with Crippen LogP contribution in [0.5, 0.6) is 0 Å². The van der Waals surface area contributed by atoms with Crippen LogP contribution >= 0.6 is 23.4 Å². The quantitative estimate of drug-likeness (QED) is 0.520. The van der Waals surface area contributed by atoms with Gasteiger partial charge >= 0.3 is 0 Å². The molecule has 1 heterocycles. The summed E-state index contributed by atoms with van der Waals surface area (Å²) in [5.41, 5.74) is -0.0137. The van der Waals surface area contributed by atoms with Gasteiger partial charge in [0.2, 0.25) is 0 Å². The molecule has 1 fully saturated rings. The molecule has 0 aliphatic carbocycles. The van der Waals surface area contributed by atoms with E-state index in [0.29, 0.717) is 5.88 Å². The summed E-state index contributed by atoms with van der Waals surface area (Å²) in [6.45, 7) is 0. The summed E-state index contributed by atoms with van der Waals surface area (Å²) in [7, 11) is 0. The number of carbonyl (C=O) groups is 1. The number of aldehydes is 1. The summed E-state index contributed by atoms with van der Waals surface area (Å²) in [6.07, 6.45) is 5.24. The fourth-order valence-corrected chi connectivity index (χ4v) is 3.06. The first-order valence-electron chi connectivity index (χ1n) is 4.43. The summed E-state index contributed by atoms with van der Waals surface area (Å²) in [5.74, 6) is 2.96. The standard InChI is InChI=1S/C9H15ClOS/c10-5-1-2-9(8-11)3-6-12-7-4-9/h8H,1-7H2. The van der Waals surface area contributed by atoms with Crippen LogP contribution in [0.2, 0.25) is 0 Å². The van der Waals surface area contributed by atoms with Gasteiger partial charge in [-0.1, -0.05) is 0 Å². The van der Waals surface area contributed by atoms with Crippen molar-refractivity contribution in [3.05, 3.63) is 0 Å². The average molecular weight is 207 g/mol. The molecule has 0 aromatic carbocycles. The zero-order valence-electron chi connectivity index (χ0n) is 7.22. The van der Waals surface area contributed by atoms with Gasteiger partial charge in [0.15, 0.2) is 0 Å². The van der Waals surface area contributed by atoms with Gasteiger partial charge in [0, 0.05) is 11.3 Å². The maximum absolute atomic E-state index is 10.9. The van der Waals surface area contributed by atoms with Gasteiger partial charge in [0.05, 0.1) is 0 Å². The first kappa shape index (κ1) is 10.4. The number of hydrogen-bond acceptors (Lipinski definition) is 2. The Morgan fingerprint density at radius 2 is 2.08 bits per heavy atom. The highest BCUT2D eigenvalue weighted by Gasteiger charge is 2.30. The van der Waals surface area contributed by atoms with Crippen molar-refractivity contribution < 1.29 is 4.79 Å². The molecule has 0 aromatic heterocycles. The Labute approximate surface area is 83.2 Å². The second-order valence-corrected chi connectivity index (χ2v) is 4.99. The molecule has 0 N–H and O–H groups in total. The smallest absolute Gasteiger partial charge is 0.126 e. The molecule has 1 nitrogen and oxygen atoms in total. The molecule has 0 unspecified atom stereocenters. The van der Waals surface area contributed by atoms with Crippen LogP contribution in [0.25, 0.3) is 0 Å². The molecule has 1 rings (SSSR count). The third kappa shape index (κ3) is 2.67. The Morgan fingerprint density at radius 3 is 2.58 bits per heavy atom. The van der Waals surface area contributed by atoms with E-state index in [9.17, 15) is 4.79 Å². The molecule has 70 valence electrons. The summed E-state index contributed by atoms with van der Waals surface area (Å²) in [4.78, 5) is 10.9. The van der Waals surface area contributed by atoms with Crippen molar-refractivity contribution >= 4 is 29.6 Å². The normalized spacial score (nSPS) is 22.1. The van der Waals surface area contributed by atoms with E-state index in [1.54, 1.807) is 0 Å². The monoisotopic (exact) mass is 206 g/mol. The van der Waals surface area contributed by atoms with Gasteiger partial charge in [-0.05, 0) is 37.2 Å². The highest BCUT2D eigenvalue weighted by Crippen LogP contribution is 2.37. The molecule has 1 aliphatic heterocycles. The molecule has 0 spiro atoms. The lowest BCUT2D eigenvalue weighted by molar-refractivity contribution is -0.117. The fourth-order valence-electron chi connectivity index (χ4n) is 1.62. The molecule has 1 aliphatic rings. The maximum Gasteiger partial charge on any atom is 0.126 e. The van der Waals surface area contributed by atoms with Gasteiger partial charge < -0.3 is 4.79 Å². The Bertz CT molecular complexity index is 143. The van der Waals surface area contributed by atoms with Gasteiger partial charge in [0.25, 0.3) is 0 Å². The van der Waals surface area contributed by atoms with Crippen LogP contribution in [-0.2, 0) is 4.79 Å². The van der Waals surface area contributed by atoms with Gasteiger partial charge in [0.1, 0.15) is 6.29 Å². The van der Waals surface area contributed by atoms with E-state index < -0.39 is 0 Å². The number of alkyl halides is 1. The van der Waals surface area contributed by atoms with Gasteiger partial charge in [-0.2, -0.15) is 11.8 Å². The molecule has 1 saturated heterocycles. The van der Waals surface area contributed by atoms with E-state index in [0.717, 1.165) is 37.2 Å². The Kier molecular flexibility index (Phi) is 4.44. The van der Waals surface area contributed by atoms with Crippen LogP contribution in [0.1, 0.15) is 25.7 Å². The van der Waals surface area contributed by atoms with Crippen molar-refractivity contribution in [1.82, 2.24) is 0 Å². The second-order valence-electron chi connectivity index (χ2n) is 3.39. The minimum atomic E-state index is -0.0137. The van der Waals surface area contributed by atoms with Crippen molar-refractivity contribution in [1.29, 1.82) is 0 Å². The van der Waals surface area contributed by atoms with Crippen LogP contribution in [-0.4, -0.2) is 23.7 Å². The summed E-state index contributed by atoms with van der Waals surface area (Å²) < 4.78 is 0. The van der Waals surface area contributed by atoms with Crippen LogP contribution < -0.4 is 0 Å². The second kappa shape index (κ2) is 5.13. The molecule has 12 heavy (non-hydrogen) atoms. The van der Waals surface area contributed by atoms with E-state index >= 15 is 0 Å². The molecular formula is C9H15ClOS. The van der Waals surface area contributed by atoms with Crippen LogP contribution in [0, 0.1) is 5.41 Å². The van der Waals surface area contributed by atoms with E-state index in [1.165, 1.54) is 6.29 Å². The highest BCUT2D eigenvalue weighted by atomic mass is 35.5. The SMILES string of the molecule is O=CC1(CCCCl)CCSCC1. The van der Waals surface area contributed by atoms with Gasteiger partial charge in [-0.25, -0.2) is 0 Å². The number of rotatable bonds is 4. The molecule has 0 radical (unpaired) electrons. The zero-order chi connectivity index (χ0) is 8.86. The van der Waals surface area contributed by atoms with Crippen molar-refractivity contribution in [3.8, 4) is 0 Å². The topological polar surface area (TPSA) is 17.1 Å². The van der Waals surface area contributed by atoms with Crippen molar-refractivity contribution in [2.75, 3.05) is 17.4 Å². The van der Waals surface area contributed by atoms with E-state index in [2.05, 4.69) is 0 Å². The Morgan fingerprint density at radius 1 is 1.42 bits per heavy atom. The van der Waals surface area contributed by atoms with Crippen molar-refractivity contribution in [3.63, 3.8) is 0 Å². The van der Waals surface area contributed by atoms with Crippen molar-refractivity contribution in [2.45, 2.75) is 25.7 Å². The lowest BCUT2D eigenvalue weighted by Crippen LogP contribution is -2.27. The predicted octanol–water partition coefficient (Wildman–Crippen LogP) is 2.72. The Hall–Kier alpha value is 0.310. The van der Waals surface area contributed by atoms with Crippen LogP contribution in [0.4, 0.5) is 0 Å². The fraction of sp³-hybridized carbons (Fsp3) is 0.889. The predicted molar refractivity (Wildman–Crippen MR) is 55.0 cm³/mol. The minimum absolute atomic E-state index is 0.0137. The summed E-state index contributed by atoms with van der Waals surface area (Å²) in [6, 6.07) is 0. The lowest BCUT2D eigenvalue weighted by Gasteiger charge is -2.31.